The van der Waals surface area contributed by atoms with E-state index in [1.165, 1.54) is 48.5 Å². The minimum atomic E-state index is -3.85. The third-order valence-electron chi connectivity index (χ3n) is 4.31. The van der Waals surface area contributed by atoms with Crippen molar-refractivity contribution in [3.63, 3.8) is 0 Å². The van der Waals surface area contributed by atoms with Gasteiger partial charge in [0, 0.05) is 5.69 Å². The molecule has 162 valence electrons. The average molecular weight is 463 g/mol. The lowest BCUT2D eigenvalue weighted by Gasteiger charge is -2.17. The van der Waals surface area contributed by atoms with Gasteiger partial charge in [0.2, 0.25) is 0 Å². The van der Waals surface area contributed by atoms with Crippen molar-refractivity contribution in [1.29, 1.82) is 0 Å². The molecule has 0 radical (unpaired) electrons. The van der Waals surface area contributed by atoms with Gasteiger partial charge in [-0.1, -0.05) is 30.7 Å². The van der Waals surface area contributed by atoms with Crippen molar-refractivity contribution in [3.8, 4) is 5.75 Å². The number of nitrogens with one attached hydrogen (secondary N) is 2. The molecule has 0 saturated carbocycles. The molecule has 6 nitrogen and oxygen atoms in total. The summed E-state index contributed by atoms with van der Waals surface area (Å²) in [7, 11) is -3.85. The first-order chi connectivity index (χ1) is 14.8. The van der Waals surface area contributed by atoms with E-state index in [2.05, 4.69) is 10.0 Å². The molecule has 9 heteroatoms. The molecule has 0 aliphatic carbocycles. The number of carbonyl (C=O) groups excluding carboxylic acids is 1. The van der Waals surface area contributed by atoms with Crippen molar-refractivity contribution in [2.45, 2.75) is 24.3 Å². The van der Waals surface area contributed by atoms with Crippen molar-refractivity contribution >= 4 is 38.9 Å². The lowest BCUT2D eigenvalue weighted by molar-refractivity contribution is -0.122. The quantitative estimate of drug-likeness (QED) is 0.489. The highest BCUT2D eigenvalue weighted by Gasteiger charge is 2.20. The summed E-state index contributed by atoms with van der Waals surface area (Å²) < 4.78 is 46.2. The Balaban J connectivity index is 1.67. The van der Waals surface area contributed by atoms with Gasteiger partial charge in [0.05, 0.1) is 15.6 Å². The number of benzene rings is 3. The van der Waals surface area contributed by atoms with Gasteiger partial charge < -0.3 is 10.1 Å². The number of para-hydroxylation sites is 1. The predicted octanol–water partition coefficient (Wildman–Crippen LogP) is 5.08. The fraction of sp³-hybridized carbons (Fsp3) is 0.136. The second-order valence-electron chi connectivity index (χ2n) is 6.57. The molecule has 3 aromatic rings. The van der Waals surface area contributed by atoms with Crippen LogP contribution in [0.3, 0.4) is 0 Å². The monoisotopic (exact) mass is 462 g/mol. The summed E-state index contributed by atoms with van der Waals surface area (Å²) in [6, 6.07) is 17.6. The van der Waals surface area contributed by atoms with E-state index in [1.807, 2.05) is 0 Å². The third kappa shape index (κ3) is 5.96. The van der Waals surface area contributed by atoms with Crippen LogP contribution in [0.4, 0.5) is 15.8 Å². The Labute approximate surface area is 185 Å². The second-order valence-corrected chi connectivity index (χ2v) is 8.66. The molecule has 3 aromatic carbocycles. The topological polar surface area (TPSA) is 84.5 Å². The molecule has 0 fully saturated rings. The fourth-order valence-electron chi connectivity index (χ4n) is 2.69. The molecule has 3 rings (SSSR count). The van der Waals surface area contributed by atoms with Crippen LogP contribution in [0.15, 0.2) is 77.7 Å². The highest BCUT2D eigenvalue weighted by molar-refractivity contribution is 7.92. The molecule has 0 bridgehead atoms. The van der Waals surface area contributed by atoms with Crippen molar-refractivity contribution in [2.75, 3.05) is 10.0 Å². The van der Waals surface area contributed by atoms with Crippen LogP contribution in [0, 0.1) is 5.82 Å². The lowest BCUT2D eigenvalue weighted by Crippen LogP contribution is -2.32. The highest BCUT2D eigenvalue weighted by atomic mass is 35.5. The molecule has 0 unspecified atom stereocenters. The predicted molar refractivity (Wildman–Crippen MR) is 118 cm³/mol. The van der Waals surface area contributed by atoms with Gasteiger partial charge in [0.25, 0.3) is 15.9 Å². The van der Waals surface area contributed by atoms with Gasteiger partial charge in [-0.3, -0.25) is 9.52 Å². The molecule has 0 saturated heterocycles. The van der Waals surface area contributed by atoms with Crippen LogP contribution in [0.1, 0.15) is 13.3 Å². The first kappa shape index (κ1) is 22.6. The van der Waals surface area contributed by atoms with Crippen LogP contribution in [0.5, 0.6) is 5.75 Å². The van der Waals surface area contributed by atoms with Gasteiger partial charge in [-0.05, 0) is 67.1 Å². The Hall–Kier alpha value is -3.10. The maximum atomic E-state index is 13.0. The van der Waals surface area contributed by atoms with E-state index in [0.717, 1.165) is 0 Å². The van der Waals surface area contributed by atoms with Crippen LogP contribution >= 0.6 is 11.6 Å². The fourth-order valence-corrected chi connectivity index (χ4v) is 4.01. The number of rotatable bonds is 8. The number of hydrogen-bond donors (Lipinski definition) is 2. The minimum absolute atomic E-state index is 0.0139. The summed E-state index contributed by atoms with van der Waals surface area (Å²) in [6.45, 7) is 1.78. The maximum absolute atomic E-state index is 13.0. The summed E-state index contributed by atoms with van der Waals surface area (Å²) in [6.07, 6.45) is -0.409. The Morgan fingerprint density at radius 2 is 1.68 bits per heavy atom. The zero-order valence-corrected chi connectivity index (χ0v) is 18.1. The van der Waals surface area contributed by atoms with Crippen LogP contribution in [-0.4, -0.2) is 20.4 Å². The number of carbonyl (C=O) groups is 1. The molecule has 1 atom stereocenters. The molecular formula is C22H20ClFN2O4S. The van der Waals surface area contributed by atoms with Gasteiger partial charge in [0.15, 0.2) is 6.10 Å². The van der Waals surface area contributed by atoms with Gasteiger partial charge in [-0.25, -0.2) is 12.8 Å². The summed E-state index contributed by atoms with van der Waals surface area (Å²) in [4.78, 5) is 12.5. The van der Waals surface area contributed by atoms with E-state index >= 15 is 0 Å². The van der Waals surface area contributed by atoms with Crippen LogP contribution < -0.4 is 14.8 Å². The second kappa shape index (κ2) is 9.80. The molecule has 0 aliphatic heterocycles. The Bertz CT molecular complexity index is 1150. The summed E-state index contributed by atoms with van der Waals surface area (Å²) in [5, 5.41) is 2.97. The Kier molecular flexibility index (Phi) is 7.14. The van der Waals surface area contributed by atoms with E-state index in [1.54, 1.807) is 31.2 Å². The minimum Gasteiger partial charge on any atom is -0.481 e. The smallest absolute Gasteiger partial charge is 0.265 e. The number of halogens is 2. The normalized spacial score (nSPS) is 12.1. The van der Waals surface area contributed by atoms with Gasteiger partial charge in [-0.15, -0.1) is 0 Å². The largest absolute Gasteiger partial charge is 0.481 e. The standard InChI is InChI=1S/C22H20ClFN2O4S/c1-2-21(30-17-11-7-15(24)8-12-17)22(27)25-16-9-13-18(14-10-16)31(28,29)26-20-6-4-3-5-19(20)23/h3-14,21,26H,2H2,1H3,(H,25,27)/t21-/m0/s1. The molecule has 0 aliphatic rings. The number of anilines is 2. The van der Waals surface area contributed by atoms with Crippen molar-refractivity contribution in [3.05, 3.63) is 83.6 Å². The molecule has 2 N–H and O–H groups in total. The van der Waals surface area contributed by atoms with Gasteiger partial charge in [-0.2, -0.15) is 0 Å². The van der Waals surface area contributed by atoms with E-state index < -0.39 is 27.9 Å². The number of amides is 1. The summed E-state index contributed by atoms with van der Waals surface area (Å²) in [5.74, 6) is -0.434. The molecule has 31 heavy (non-hydrogen) atoms. The molecule has 1 amide bonds. The molecule has 0 aromatic heterocycles. The number of hydrogen-bond acceptors (Lipinski definition) is 4. The lowest BCUT2D eigenvalue weighted by atomic mass is 10.2. The average Bonchev–Trinajstić information content (AvgIpc) is 2.75. The van der Waals surface area contributed by atoms with Crippen molar-refractivity contribution < 1.29 is 22.3 Å². The van der Waals surface area contributed by atoms with Crippen LogP contribution in [0.2, 0.25) is 5.02 Å². The Morgan fingerprint density at radius 3 is 2.29 bits per heavy atom. The molecular weight excluding hydrogens is 443 g/mol. The summed E-state index contributed by atoms with van der Waals surface area (Å²) in [5.41, 5.74) is 0.674. The summed E-state index contributed by atoms with van der Waals surface area (Å²) >= 11 is 6.00. The van der Waals surface area contributed by atoms with Crippen LogP contribution in [-0.2, 0) is 14.8 Å². The Morgan fingerprint density at radius 1 is 1.03 bits per heavy atom. The highest BCUT2D eigenvalue weighted by Crippen LogP contribution is 2.24. The van der Waals surface area contributed by atoms with E-state index in [-0.39, 0.29) is 15.6 Å². The third-order valence-corrected chi connectivity index (χ3v) is 6.02. The SMILES string of the molecule is CC[C@H](Oc1ccc(F)cc1)C(=O)Nc1ccc(S(=O)(=O)Nc2ccccc2Cl)cc1. The zero-order valence-electron chi connectivity index (χ0n) is 16.5. The van der Waals surface area contributed by atoms with E-state index in [0.29, 0.717) is 17.9 Å². The van der Waals surface area contributed by atoms with Gasteiger partial charge in [0.1, 0.15) is 11.6 Å². The van der Waals surface area contributed by atoms with Crippen LogP contribution in [0.25, 0.3) is 0 Å². The van der Waals surface area contributed by atoms with Gasteiger partial charge >= 0.3 is 0 Å². The van der Waals surface area contributed by atoms with E-state index in [4.69, 9.17) is 16.3 Å². The molecule has 0 heterocycles. The van der Waals surface area contributed by atoms with Crippen molar-refractivity contribution in [1.82, 2.24) is 0 Å². The van der Waals surface area contributed by atoms with Crippen molar-refractivity contribution in [2.24, 2.45) is 0 Å². The first-order valence-electron chi connectivity index (χ1n) is 9.39. The van der Waals surface area contributed by atoms with E-state index in [9.17, 15) is 17.6 Å². The molecule has 0 spiro atoms. The zero-order chi connectivity index (χ0) is 22.4. The number of ether oxygens (including phenoxy) is 1. The maximum Gasteiger partial charge on any atom is 0.265 e. The number of sulfonamides is 1. The first-order valence-corrected chi connectivity index (χ1v) is 11.2.